The second-order valence-electron chi connectivity index (χ2n) is 5.31. The maximum atomic E-state index is 12.2. The molecule has 1 amide bonds. The van der Waals surface area contributed by atoms with Gasteiger partial charge in [0.1, 0.15) is 0 Å². The minimum atomic E-state index is -0.246. The summed E-state index contributed by atoms with van der Waals surface area (Å²) in [7, 11) is 0. The highest BCUT2D eigenvalue weighted by Gasteiger charge is 2.09. The minimum Gasteiger partial charge on any atom is -0.281 e. The average Bonchev–Trinajstić information content (AvgIpc) is 2.52. The fourth-order valence-electron chi connectivity index (χ4n) is 2.28. The third kappa shape index (κ3) is 3.40. The molecule has 0 spiro atoms. The summed E-state index contributed by atoms with van der Waals surface area (Å²) < 4.78 is 0. The summed E-state index contributed by atoms with van der Waals surface area (Å²) >= 11 is 5.94. The number of hydrogen-bond acceptors (Lipinski definition) is 4. The molecule has 0 bridgehead atoms. The quantitative estimate of drug-likeness (QED) is 0.569. The molecule has 6 heteroatoms. The predicted octanol–water partition coefficient (Wildman–Crippen LogP) is 3.66. The Labute approximate surface area is 138 Å². The van der Waals surface area contributed by atoms with Crippen LogP contribution in [0.15, 0.2) is 42.5 Å². The van der Waals surface area contributed by atoms with Crippen LogP contribution in [0.3, 0.4) is 0 Å². The lowest BCUT2D eigenvalue weighted by molar-refractivity contribution is 0.0962. The number of carbonyl (C=O) groups excluding carboxylic acids is 1. The lowest BCUT2D eigenvalue weighted by Crippen LogP contribution is -2.30. The van der Waals surface area contributed by atoms with E-state index in [1.807, 2.05) is 50.2 Å². The molecule has 5 nitrogen and oxygen atoms in total. The fourth-order valence-corrected chi connectivity index (χ4v) is 2.46. The summed E-state index contributed by atoms with van der Waals surface area (Å²) in [5, 5.41) is 0.910. The zero-order valence-corrected chi connectivity index (χ0v) is 13.5. The van der Waals surface area contributed by atoms with Crippen molar-refractivity contribution in [3.05, 3.63) is 64.4 Å². The van der Waals surface area contributed by atoms with Crippen LogP contribution in [-0.4, -0.2) is 15.9 Å². The zero-order valence-electron chi connectivity index (χ0n) is 12.7. The molecule has 0 aliphatic carbocycles. The Morgan fingerprint density at radius 1 is 1.04 bits per heavy atom. The molecule has 0 unspecified atom stereocenters. The van der Waals surface area contributed by atoms with Gasteiger partial charge in [0.2, 0.25) is 5.28 Å². The number of carbonyl (C=O) groups is 1. The SMILES string of the molecule is Cc1cccc(C(=O)NNc2nc(Cl)nc3ccc(C)cc23)c1. The Morgan fingerprint density at radius 3 is 2.61 bits per heavy atom. The van der Waals surface area contributed by atoms with Gasteiger partial charge in [-0.15, -0.1) is 0 Å². The topological polar surface area (TPSA) is 66.9 Å². The Kier molecular flexibility index (Phi) is 4.12. The lowest BCUT2D eigenvalue weighted by atomic mass is 10.1. The van der Waals surface area contributed by atoms with E-state index in [0.29, 0.717) is 16.9 Å². The molecule has 2 N–H and O–H groups in total. The van der Waals surface area contributed by atoms with E-state index in [1.165, 1.54) is 0 Å². The zero-order chi connectivity index (χ0) is 16.4. The predicted molar refractivity (Wildman–Crippen MR) is 91.6 cm³/mol. The van der Waals surface area contributed by atoms with Gasteiger partial charge in [-0.1, -0.05) is 29.3 Å². The largest absolute Gasteiger partial charge is 0.281 e. The first-order valence-electron chi connectivity index (χ1n) is 7.10. The van der Waals surface area contributed by atoms with Crippen molar-refractivity contribution in [2.24, 2.45) is 0 Å². The average molecular weight is 327 g/mol. The smallest absolute Gasteiger partial charge is 0.269 e. The Hall–Kier alpha value is -2.66. The molecule has 1 aromatic heterocycles. The van der Waals surface area contributed by atoms with Crippen molar-refractivity contribution < 1.29 is 4.79 Å². The summed E-state index contributed by atoms with van der Waals surface area (Å²) in [5.41, 5.74) is 8.84. The Bertz CT molecular complexity index is 895. The number of rotatable bonds is 3. The first-order valence-corrected chi connectivity index (χ1v) is 7.47. The van der Waals surface area contributed by atoms with E-state index in [2.05, 4.69) is 20.8 Å². The number of hydrazine groups is 1. The van der Waals surface area contributed by atoms with Gasteiger partial charge in [-0.05, 0) is 49.7 Å². The van der Waals surface area contributed by atoms with Crippen LogP contribution in [0.1, 0.15) is 21.5 Å². The van der Waals surface area contributed by atoms with Gasteiger partial charge in [0.05, 0.1) is 5.52 Å². The number of aromatic nitrogens is 2. The molecule has 3 rings (SSSR count). The van der Waals surface area contributed by atoms with Gasteiger partial charge in [0.15, 0.2) is 5.82 Å². The Balaban J connectivity index is 1.87. The monoisotopic (exact) mass is 326 g/mol. The molecule has 0 aliphatic rings. The van der Waals surface area contributed by atoms with E-state index >= 15 is 0 Å². The molecule has 0 atom stereocenters. The number of nitrogens with one attached hydrogen (secondary N) is 2. The van der Waals surface area contributed by atoms with Gasteiger partial charge in [0.25, 0.3) is 5.91 Å². The van der Waals surface area contributed by atoms with Gasteiger partial charge >= 0.3 is 0 Å². The van der Waals surface area contributed by atoms with Crippen molar-refractivity contribution in [3.8, 4) is 0 Å². The van der Waals surface area contributed by atoms with Gasteiger partial charge < -0.3 is 0 Å². The maximum Gasteiger partial charge on any atom is 0.269 e. The summed E-state index contributed by atoms with van der Waals surface area (Å²) in [6.45, 7) is 3.91. The van der Waals surface area contributed by atoms with Gasteiger partial charge in [-0.2, -0.15) is 4.98 Å². The van der Waals surface area contributed by atoms with Gasteiger partial charge in [-0.3, -0.25) is 15.6 Å². The van der Waals surface area contributed by atoms with Crippen LogP contribution in [-0.2, 0) is 0 Å². The van der Waals surface area contributed by atoms with E-state index in [4.69, 9.17) is 11.6 Å². The lowest BCUT2D eigenvalue weighted by Gasteiger charge is -2.11. The molecule has 3 aromatic rings. The van der Waals surface area contributed by atoms with Crippen molar-refractivity contribution in [1.82, 2.24) is 15.4 Å². The number of anilines is 1. The number of aryl methyl sites for hydroxylation is 2. The molecule has 0 radical (unpaired) electrons. The molecule has 0 saturated carbocycles. The number of hydrogen-bond donors (Lipinski definition) is 2. The number of amides is 1. The van der Waals surface area contributed by atoms with E-state index in [9.17, 15) is 4.79 Å². The molecule has 0 saturated heterocycles. The number of halogens is 1. The molecule has 0 fully saturated rings. The molecular formula is C17H15ClN4O. The first kappa shape index (κ1) is 15.2. The van der Waals surface area contributed by atoms with Crippen LogP contribution in [0.4, 0.5) is 5.82 Å². The second-order valence-corrected chi connectivity index (χ2v) is 5.65. The van der Waals surface area contributed by atoms with Crippen molar-refractivity contribution in [2.45, 2.75) is 13.8 Å². The standard InChI is InChI=1S/C17H15ClN4O/c1-10-4-3-5-12(8-10)16(23)22-21-15-13-9-11(2)6-7-14(13)19-17(18)20-15/h3-9H,1-2H3,(H,22,23)(H,19,20,21). The third-order valence-corrected chi connectivity index (χ3v) is 3.57. The van der Waals surface area contributed by atoms with E-state index < -0.39 is 0 Å². The highest BCUT2D eigenvalue weighted by atomic mass is 35.5. The summed E-state index contributed by atoms with van der Waals surface area (Å²) in [6.07, 6.45) is 0. The Morgan fingerprint density at radius 2 is 1.83 bits per heavy atom. The maximum absolute atomic E-state index is 12.2. The summed E-state index contributed by atoms with van der Waals surface area (Å²) in [4.78, 5) is 20.5. The van der Waals surface area contributed by atoms with Gasteiger partial charge in [-0.25, -0.2) is 4.98 Å². The normalized spacial score (nSPS) is 10.6. The van der Waals surface area contributed by atoms with Crippen LogP contribution < -0.4 is 10.9 Å². The van der Waals surface area contributed by atoms with E-state index in [-0.39, 0.29) is 11.2 Å². The van der Waals surface area contributed by atoms with Crippen molar-refractivity contribution in [2.75, 3.05) is 5.43 Å². The van der Waals surface area contributed by atoms with E-state index in [0.717, 1.165) is 16.5 Å². The minimum absolute atomic E-state index is 0.119. The second kappa shape index (κ2) is 6.22. The number of fused-ring (bicyclic) bond motifs is 1. The fraction of sp³-hybridized carbons (Fsp3) is 0.118. The molecular weight excluding hydrogens is 312 g/mol. The summed E-state index contributed by atoms with van der Waals surface area (Å²) in [6, 6.07) is 13.1. The van der Waals surface area contributed by atoms with Crippen molar-refractivity contribution in [1.29, 1.82) is 0 Å². The molecule has 116 valence electrons. The first-order chi connectivity index (χ1) is 11.0. The van der Waals surface area contributed by atoms with Crippen LogP contribution in [0.25, 0.3) is 10.9 Å². The number of benzene rings is 2. The molecule has 0 aliphatic heterocycles. The van der Waals surface area contributed by atoms with Crippen LogP contribution in [0, 0.1) is 13.8 Å². The molecule has 1 heterocycles. The number of nitrogens with zero attached hydrogens (tertiary/aromatic N) is 2. The van der Waals surface area contributed by atoms with Crippen LogP contribution >= 0.6 is 11.6 Å². The van der Waals surface area contributed by atoms with Crippen LogP contribution in [0.2, 0.25) is 5.28 Å². The highest BCUT2D eigenvalue weighted by Crippen LogP contribution is 2.22. The summed E-state index contributed by atoms with van der Waals surface area (Å²) in [5.74, 6) is 0.217. The van der Waals surface area contributed by atoms with Gasteiger partial charge in [0, 0.05) is 10.9 Å². The van der Waals surface area contributed by atoms with E-state index in [1.54, 1.807) is 6.07 Å². The van der Waals surface area contributed by atoms with Crippen LogP contribution in [0.5, 0.6) is 0 Å². The molecule has 2 aromatic carbocycles. The third-order valence-electron chi connectivity index (χ3n) is 3.40. The highest BCUT2D eigenvalue weighted by molar-refractivity contribution is 6.28. The molecule has 23 heavy (non-hydrogen) atoms. The van der Waals surface area contributed by atoms with Crippen molar-refractivity contribution >= 4 is 34.2 Å². The van der Waals surface area contributed by atoms with Crippen molar-refractivity contribution in [3.63, 3.8) is 0 Å².